The first-order valence-corrected chi connectivity index (χ1v) is 8.76. The predicted molar refractivity (Wildman–Crippen MR) is 72.4 cm³/mol. The van der Waals surface area contributed by atoms with Crippen molar-refractivity contribution in [1.29, 1.82) is 0 Å². The average Bonchev–Trinajstić information content (AvgIpc) is 2.64. The molecule has 1 heterocycles. The highest BCUT2D eigenvalue weighted by Crippen LogP contribution is 2.27. The molecule has 6 heteroatoms. The van der Waals surface area contributed by atoms with Gasteiger partial charge in [-0.25, -0.2) is 0 Å². The maximum absolute atomic E-state index is 12.2. The molecule has 3 atom stereocenters. The predicted octanol–water partition coefficient (Wildman–Crippen LogP) is 1.87. The van der Waals surface area contributed by atoms with Gasteiger partial charge in [0, 0.05) is 24.0 Å². The summed E-state index contributed by atoms with van der Waals surface area (Å²) >= 11 is 3.55. The molecule has 0 bridgehead atoms. The fourth-order valence-electron chi connectivity index (χ4n) is 2.68. The lowest BCUT2D eigenvalue weighted by Crippen LogP contribution is -2.49. The van der Waals surface area contributed by atoms with Crippen molar-refractivity contribution in [2.24, 2.45) is 5.92 Å². The third-order valence-corrected chi connectivity index (χ3v) is 6.40. The van der Waals surface area contributed by atoms with Crippen molar-refractivity contribution in [2.75, 3.05) is 13.1 Å². The second-order valence-corrected chi connectivity index (χ2v) is 8.16. The summed E-state index contributed by atoms with van der Waals surface area (Å²) in [7, 11) is -3.28. The van der Waals surface area contributed by atoms with Gasteiger partial charge >= 0.3 is 0 Å². The monoisotopic (exact) mass is 324 g/mol. The number of nitrogens with one attached hydrogen (secondary N) is 1. The average molecular weight is 325 g/mol. The van der Waals surface area contributed by atoms with Gasteiger partial charge < -0.3 is 0 Å². The smallest absolute Gasteiger partial charge is 0.198 e. The summed E-state index contributed by atoms with van der Waals surface area (Å²) < 4.78 is 28.9. The molecule has 1 saturated heterocycles. The van der Waals surface area contributed by atoms with Crippen LogP contribution in [0.15, 0.2) is 0 Å². The van der Waals surface area contributed by atoms with E-state index < -0.39 is 10.2 Å². The van der Waals surface area contributed by atoms with Gasteiger partial charge in [-0.3, -0.25) is 0 Å². The third-order valence-electron chi connectivity index (χ3n) is 3.69. The molecule has 1 aliphatic carbocycles. The van der Waals surface area contributed by atoms with Crippen LogP contribution in [0.5, 0.6) is 0 Å². The lowest BCUT2D eigenvalue weighted by atomic mass is 10.0. The van der Waals surface area contributed by atoms with Crippen LogP contribution in [0.1, 0.15) is 39.0 Å². The van der Waals surface area contributed by atoms with E-state index in [9.17, 15) is 8.42 Å². The standard InChI is InChI=1S/C11H21BrN2O2S/c1-9-4-3-7-14(8-9)17(15,16)13-11-6-2-5-10(11)12/h9-11,13H,2-8H2,1H3. The largest absolute Gasteiger partial charge is 0.279 e. The summed E-state index contributed by atoms with van der Waals surface area (Å²) in [4.78, 5) is 0.291. The van der Waals surface area contributed by atoms with E-state index in [1.807, 2.05) is 0 Å². The van der Waals surface area contributed by atoms with Crippen molar-refractivity contribution in [3.63, 3.8) is 0 Å². The van der Waals surface area contributed by atoms with E-state index in [1.165, 1.54) is 0 Å². The van der Waals surface area contributed by atoms with Crippen LogP contribution in [0.4, 0.5) is 0 Å². The Hall–Kier alpha value is 0.350. The quantitative estimate of drug-likeness (QED) is 0.806. The maximum atomic E-state index is 12.2. The summed E-state index contributed by atoms with van der Waals surface area (Å²) in [5.74, 6) is 0.476. The third kappa shape index (κ3) is 3.43. The molecule has 0 aromatic heterocycles. The van der Waals surface area contributed by atoms with Crippen LogP contribution in [0.25, 0.3) is 0 Å². The second-order valence-electron chi connectivity index (χ2n) is 5.28. The van der Waals surface area contributed by atoms with E-state index in [0.717, 1.165) is 32.1 Å². The van der Waals surface area contributed by atoms with Crippen LogP contribution in [0.2, 0.25) is 0 Å². The molecule has 100 valence electrons. The Morgan fingerprint density at radius 3 is 2.59 bits per heavy atom. The number of hydrogen-bond donors (Lipinski definition) is 1. The first-order valence-electron chi connectivity index (χ1n) is 6.40. The van der Waals surface area contributed by atoms with Crippen molar-refractivity contribution in [3.8, 4) is 0 Å². The first-order chi connectivity index (χ1) is 7.99. The first kappa shape index (κ1) is 13.8. The molecule has 0 aromatic carbocycles. The molecule has 2 rings (SSSR count). The minimum Gasteiger partial charge on any atom is -0.198 e. The van der Waals surface area contributed by atoms with E-state index in [1.54, 1.807) is 4.31 Å². The molecule has 3 unspecified atom stereocenters. The molecule has 1 aliphatic heterocycles. The lowest BCUT2D eigenvalue weighted by Gasteiger charge is -2.31. The van der Waals surface area contributed by atoms with Crippen LogP contribution in [-0.2, 0) is 10.2 Å². The Morgan fingerprint density at radius 2 is 2.00 bits per heavy atom. The topological polar surface area (TPSA) is 49.4 Å². The lowest BCUT2D eigenvalue weighted by molar-refractivity contribution is 0.276. The number of rotatable bonds is 3. The molecule has 0 spiro atoms. The number of hydrogen-bond acceptors (Lipinski definition) is 2. The Kier molecular flexibility index (Phi) is 4.50. The minimum atomic E-state index is -3.28. The van der Waals surface area contributed by atoms with Crippen LogP contribution >= 0.6 is 15.9 Å². The van der Waals surface area contributed by atoms with Crippen molar-refractivity contribution in [1.82, 2.24) is 9.03 Å². The van der Waals surface area contributed by atoms with Gasteiger partial charge in [0.05, 0.1) is 0 Å². The Balaban J connectivity index is 1.98. The zero-order chi connectivity index (χ0) is 12.5. The van der Waals surface area contributed by atoms with Crippen molar-refractivity contribution < 1.29 is 8.42 Å². The highest BCUT2D eigenvalue weighted by molar-refractivity contribution is 9.09. The highest BCUT2D eigenvalue weighted by atomic mass is 79.9. The second kappa shape index (κ2) is 5.55. The Morgan fingerprint density at radius 1 is 1.24 bits per heavy atom. The normalized spacial score (nSPS) is 36.2. The van der Waals surface area contributed by atoms with E-state index in [4.69, 9.17) is 0 Å². The van der Waals surface area contributed by atoms with Crippen molar-refractivity contribution in [3.05, 3.63) is 0 Å². The number of alkyl halides is 1. The molecule has 1 N–H and O–H groups in total. The zero-order valence-corrected chi connectivity index (χ0v) is 12.6. The summed E-state index contributed by atoms with van der Waals surface area (Å²) in [6, 6.07) is 0.0669. The summed E-state index contributed by atoms with van der Waals surface area (Å²) in [6.07, 6.45) is 5.21. The van der Waals surface area contributed by atoms with Gasteiger partial charge in [-0.1, -0.05) is 29.3 Å². The van der Waals surface area contributed by atoms with E-state index in [-0.39, 0.29) is 6.04 Å². The van der Waals surface area contributed by atoms with Gasteiger partial charge in [-0.15, -0.1) is 0 Å². The fourth-order valence-corrected chi connectivity index (χ4v) is 5.21. The SMILES string of the molecule is CC1CCCN(S(=O)(=O)NC2CCCC2Br)C1. The molecule has 1 saturated carbocycles. The van der Waals surface area contributed by atoms with Crippen LogP contribution in [-0.4, -0.2) is 36.7 Å². The molecule has 0 amide bonds. The molecule has 17 heavy (non-hydrogen) atoms. The van der Waals surface area contributed by atoms with Crippen LogP contribution < -0.4 is 4.72 Å². The number of halogens is 1. The summed E-state index contributed by atoms with van der Waals surface area (Å²) in [5, 5.41) is 0. The molecular weight excluding hydrogens is 304 g/mol. The van der Waals surface area contributed by atoms with Crippen molar-refractivity contribution >= 4 is 26.1 Å². The molecule has 0 radical (unpaired) electrons. The Bertz CT molecular complexity index is 360. The van der Waals surface area contributed by atoms with Gasteiger partial charge in [-0.05, 0) is 31.6 Å². The molecule has 2 aliphatic rings. The minimum absolute atomic E-state index is 0.0669. The number of nitrogens with zero attached hydrogens (tertiary/aromatic N) is 1. The Labute approximate surface area is 112 Å². The zero-order valence-electron chi connectivity index (χ0n) is 10.2. The van der Waals surface area contributed by atoms with Gasteiger partial charge in [0.15, 0.2) is 0 Å². The van der Waals surface area contributed by atoms with Crippen LogP contribution in [0, 0.1) is 5.92 Å². The fraction of sp³-hybridized carbons (Fsp3) is 1.00. The van der Waals surface area contributed by atoms with Gasteiger partial charge in [0.25, 0.3) is 10.2 Å². The van der Waals surface area contributed by atoms with Gasteiger partial charge in [-0.2, -0.15) is 17.4 Å². The van der Waals surface area contributed by atoms with Gasteiger partial charge in [0.1, 0.15) is 0 Å². The molecule has 0 aromatic rings. The summed E-state index contributed by atoms with van der Waals surface area (Å²) in [5.41, 5.74) is 0. The van der Waals surface area contributed by atoms with Crippen molar-refractivity contribution in [2.45, 2.75) is 49.9 Å². The molecular formula is C11H21BrN2O2S. The number of piperidine rings is 1. The van der Waals surface area contributed by atoms with E-state index in [2.05, 4.69) is 27.6 Å². The van der Waals surface area contributed by atoms with E-state index in [0.29, 0.717) is 23.8 Å². The molecule has 2 fully saturated rings. The highest BCUT2D eigenvalue weighted by Gasteiger charge is 2.33. The van der Waals surface area contributed by atoms with Gasteiger partial charge in [0.2, 0.25) is 0 Å². The summed E-state index contributed by atoms with van der Waals surface area (Å²) in [6.45, 7) is 3.44. The maximum Gasteiger partial charge on any atom is 0.279 e. The molecule has 4 nitrogen and oxygen atoms in total. The van der Waals surface area contributed by atoms with E-state index >= 15 is 0 Å². The van der Waals surface area contributed by atoms with Crippen LogP contribution in [0.3, 0.4) is 0 Å².